The van der Waals surface area contributed by atoms with Gasteiger partial charge in [0.2, 0.25) is 82.7 Å². The summed E-state index contributed by atoms with van der Waals surface area (Å²) in [5.41, 5.74) is 28.4. The van der Waals surface area contributed by atoms with Crippen molar-refractivity contribution in [3.8, 4) is 0 Å². The van der Waals surface area contributed by atoms with Crippen LogP contribution in [0.25, 0.3) is 0 Å². The van der Waals surface area contributed by atoms with Crippen LogP contribution in [0.3, 0.4) is 0 Å². The normalized spacial score (nSPS) is 16.0. The predicted molar refractivity (Wildman–Crippen MR) is 411 cm³/mol. The number of aryl methyl sites for hydroxylation is 1. The fraction of sp³-hybridized carbons (Fsp3) is 0.662. The number of hydrogen-bond donors (Lipinski definition) is 19. The van der Waals surface area contributed by atoms with Crippen LogP contribution in [0.4, 0.5) is 0 Å². The number of Topliss-reactive ketones (excluding diaryl/α,β-unsaturated/α-hetero) is 3. The third-order valence-corrected chi connectivity index (χ3v) is 19.0. The van der Waals surface area contributed by atoms with E-state index in [4.69, 9.17) is 28.7 Å². The molecule has 2 saturated heterocycles. The highest BCUT2D eigenvalue weighted by atomic mass is 32.1. The minimum absolute atomic E-state index is 0.0119. The summed E-state index contributed by atoms with van der Waals surface area (Å²) in [6.07, 6.45) is 3.70. The number of ketones is 3. The number of nitrogens with two attached hydrogens (primary N) is 5. The molecular weight excluding hydrogens is 1470 g/mol. The molecule has 2 aliphatic rings. The molecule has 0 unspecified atom stereocenters. The average Bonchev–Trinajstić information content (AvgIpc) is 1.64. The molecule has 1 aromatic rings. The highest BCUT2D eigenvalue weighted by Crippen LogP contribution is 2.25. The molecule has 0 aromatic heterocycles. The van der Waals surface area contributed by atoms with Crippen LogP contribution in [-0.2, 0) is 87.9 Å². The van der Waals surface area contributed by atoms with E-state index < -0.39 is 213 Å². The number of aliphatic hydroxyl groups excluding tert-OH is 1. The minimum Gasteiger partial charge on any atom is -0.396 e. The molecule has 10 atom stereocenters. The van der Waals surface area contributed by atoms with Crippen molar-refractivity contribution in [3.63, 3.8) is 0 Å². The number of carbonyl (C=O) groups excluding carboxylic acids is 17. The van der Waals surface area contributed by atoms with Gasteiger partial charge in [0.05, 0.1) is 75.8 Å². The van der Waals surface area contributed by atoms with Gasteiger partial charge in [-0.2, -0.15) is 25.3 Å². The second-order valence-electron chi connectivity index (χ2n) is 27.5. The van der Waals surface area contributed by atoms with Crippen molar-refractivity contribution in [3.05, 3.63) is 35.9 Å². The van der Waals surface area contributed by atoms with E-state index in [2.05, 4.69) is 88.7 Å². The second kappa shape index (κ2) is 51.9. The summed E-state index contributed by atoms with van der Waals surface area (Å²) in [6, 6.07) is 0.0854. The maximum Gasteiger partial charge on any atom is 0.245 e. The molecule has 2 aliphatic heterocycles. The topological polar surface area (TPSA) is 592 Å². The lowest BCUT2D eigenvalue weighted by molar-refractivity contribution is -0.142. The molecule has 0 aliphatic carbocycles. The molecule has 14 amide bonds. The van der Waals surface area contributed by atoms with E-state index in [1.165, 1.54) is 9.80 Å². The lowest BCUT2D eigenvalue weighted by Gasteiger charge is -2.30. The molecule has 39 heteroatoms. The fourth-order valence-electron chi connectivity index (χ4n) is 12.2. The van der Waals surface area contributed by atoms with Crippen LogP contribution in [0.15, 0.2) is 35.3 Å². The Kier molecular flexibility index (Phi) is 44.8. The van der Waals surface area contributed by atoms with E-state index in [9.17, 15) is 86.6 Å². The standard InChI is InChI=1S/C71H115N19O18S2/c1-4-5-18-46(54(92)23-11-17-43-15-7-6-8-16-43)84-69(107)53-22-14-28-89(53)63(101)38-82-66(104)47(19-9-10-26-72)85-68(106)51(41-110)88-64(102)44(39-91)31-55(93)50(30-42(2)3)87-65(103)45(40-109)32-56(94)52-21-13-29-90(52)70(108)49(20-12-27-77-71(75)76)86-67(105)48(24-25-57(74)95)83-62(100)37-81-61(99)36-80-60(98)35-79-59(97)34-78-58(96)33-73/h6-8,15-16,42,44-53,91,109-110H,4-5,9-14,17-41,72-73H2,1-3H3,(H2,74,95)(H,78,96)(H,79,97)(H,80,98)(H,81,99)(H,82,104)(H,83,100)(H,84,107)(H,85,106)(H,86,105)(H,87,103)(H,88,102)(H4,75,76,77)/t44-,45+,46-,47+,48+,49+,50-,51+,52+,53+/m0/s1. The summed E-state index contributed by atoms with van der Waals surface area (Å²) in [7, 11) is 0. The van der Waals surface area contributed by atoms with E-state index in [-0.39, 0.29) is 107 Å². The van der Waals surface area contributed by atoms with Crippen LogP contribution < -0.4 is 87.2 Å². The van der Waals surface area contributed by atoms with Gasteiger partial charge in [0.15, 0.2) is 23.3 Å². The number of aliphatic imine (C=N–C) groups is 1. The van der Waals surface area contributed by atoms with Crippen LogP contribution in [0.2, 0.25) is 0 Å². The Morgan fingerprint density at radius 2 is 1.08 bits per heavy atom. The van der Waals surface area contributed by atoms with Gasteiger partial charge in [-0.3, -0.25) is 86.5 Å². The molecule has 37 nitrogen and oxygen atoms in total. The number of nitrogens with zero attached hydrogens (tertiary/aromatic N) is 3. The van der Waals surface area contributed by atoms with Crippen molar-refractivity contribution in [2.45, 2.75) is 198 Å². The van der Waals surface area contributed by atoms with E-state index in [1.807, 2.05) is 37.3 Å². The number of aliphatic hydroxyl groups is 1. The molecule has 3 rings (SSSR count). The quantitative estimate of drug-likeness (QED) is 0.0125. The summed E-state index contributed by atoms with van der Waals surface area (Å²) < 4.78 is 0. The Hall–Kier alpha value is -9.34. The first-order valence-corrected chi connectivity index (χ1v) is 38.6. The van der Waals surface area contributed by atoms with Crippen LogP contribution in [0, 0.1) is 17.8 Å². The molecule has 0 radical (unpaired) electrons. The van der Waals surface area contributed by atoms with Gasteiger partial charge in [-0.05, 0) is 108 Å². The monoisotopic (exact) mass is 1590 g/mol. The zero-order chi connectivity index (χ0) is 81.8. The van der Waals surface area contributed by atoms with E-state index >= 15 is 0 Å². The number of benzene rings is 1. The largest absolute Gasteiger partial charge is 0.396 e. The summed E-state index contributed by atoms with van der Waals surface area (Å²) >= 11 is 8.66. The Bertz CT molecular complexity index is 3310. The molecule has 2 heterocycles. The number of nitrogens with one attached hydrogen (secondary N) is 11. The molecule has 0 spiro atoms. The first kappa shape index (κ1) is 94.9. The van der Waals surface area contributed by atoms with Gasteiger partial charge in [-0.1, -0.05) is 63.9 Å². The number of hydrogen-bond acceptors (Lipinski definition) is 23. The Morgan fingerprint density at radius 3 is 1.66 bits per heavy atom. The number of primary amides is 1. The second-order valence-corrected chi connectivity index (χ2v) is 28.2. The summed E-state index contributed by atoms with van der Waals surface area (Å²) in [5, 5.41) is 37.7. The van der Waals surface area contributed by atoms with Gasteiger partial charge < -0.3 is 102 Å². The number of rotatable bonds is 54. The Labute approximate surface area is 651 Å². The van der Waals surface area contributed by atoms with Crippen LogP contribution in [0.5, 0.6) is 0 Å². The van der Waals surface area contributed by atoms with Crippen molar-refractivity contribution in [1.82, 2.24) is 68.3 Å². The Balaban J connectivity index is 1.68. The van der Waals surface area contributed by atoms with Crippen molar-refractivity contribution in [1.29, 1.82) is 0 Å². The maximum atomic E-state index is 14.6. The lowest BCUT2D eigenvalue weighted by Crippen LogP contribution is -2.57. The number of guanidine groups is 1. The number of unbranched alkanes of at least 4 members (excludes halogenated alkanes) is 2. The first-order valence-electron chi connectivity index (χ1n) is 37.3. The fourth-order valence-corrected chi connectivity index (χ4v) is 12.7. The van der Waals surface area contributed by atoms with E-state index in [0.29, 0.717) is 57.8 Å². The van der Waals surface area contributed by atoms with Gasteiger partial charge in [0.25, 0.3) is 0 Å². The van der Waals surface area contributed by atoms with Crippen molar-refractivity contribution >= 4 is 131 Å². The molecule has 2 fully saturated rings. The average molecular weight is 1590 g/mol. The third-order valence-electron chi connectivity index (χ3n) is 18.2. The van der Waals surface area contributed by atoms with E-state index in [0.717, 1.165) is 12.0 Å². The van der Waals surface area contributed by atoms with Gasteiger partial charge in [0, 0.05) is 56.8 Å². The molecule has 22 N–H and O–H groups in total. The van der Waals surface area contributed by atoms with Crippen molar-refractivity contribution in [2.24, 2.45) is 51.4 Å². The van der Waals surface area contributed by atoms with Crippen molar-refractivity contribution < 1.29 is 86.6 Å². The Morgan fingerprint density at radius 1 is 0.527 bits per heavy atom. The number of amides is 14. The molecule has 110 heavy (non-hydrogen) atoms. The SMILES string of the molecule is CCCC[C@H](NC(=O)[C@H]1CCCN1C(=O)CNC(=O)[C@@H](CCCCN)NC(=O)[C@@H](CS)NC(=O)[C@H](CO)CC(=O)[C@H](CC(C)C)NC(=O)[C@@H](CS)CC(=O)[C@H]1CCCN1C(=O)[C@@H](CCCN=C(N)N)NC(=O)[C@@H](CCC(N)=O)NC(=O)CNC(=O)CNC(=O)CNC(=O)CNC(=O)CN)C(=O)CCCc1ccccc1. The highest BCUT2D eigenvalue weighted by Gasteiger charge is 2.41. The molecule has 0 bridgehead atoms. The molecule has 614 valence electrons. The lowest BCUT2D eigenvalue weighted by atomic mass is 9.92. The smallest absolute Gasteiger partial charge is 0.245 e. The van der Waals surface area contributed by atoms with Gasteiger partial charge in [-0.15, -0.1) is 0 Å². The zero-order valence-electron chi connectivity index (χ0n) is 63.1. The number of likely N-dealkylation sites (tertiary alicyclic amines) is 2. The van der Waals surface area contributed by atoms with Crippen LogP contribution in [0.1, 0.15) is 148 Å². The zero-order valence-corrected chi connectivity index (χ0v) is 64.9. The number of thiol groups is 2. The minimum atomic E-state index is -1.53. The van der Waals surface area contributed by atoms with Crippen LogP contribution >= 0.6 is 25.3 Å². The first-order chi connectivity index (χ1) is 52.4. The highest BCUT2D eigenvalue weighted by molar-refractivity contribution is 7.80. The van der Waals surface area contributed by atoms with Gasteiger partial charge >= 0.3 is 0 Å². The van der Waals surface area contributed by atoms with Gasteiger partial charge in [0.1, 0.15) is 30.2 Å². The van der Waals surface area contributed by atoms with Crippen molar-refractivity contribution in [2.75, 3.05) is 83.6 Å². The predicted octanol–water partition coefficient (Wildman–Crippen LogP) is -5.30. The third kappa shape index (κ3) is 35.6. The van der Waals surface area contributed by atoms with E-state index in [1.54, 1.807) is 13.8 Å². The number of carbonyl (C=O) groups is 17. The van der Waals surface area contributed by atoms with Gasteiger partial charge in [-0.25, -0.2) is 0 Å². The summed E-state index contributed by atoms with van der Waals surface area (Å²) in [4.78, 5) is 233. The summed E-state index contributed by atoms with van der Waals surface area (Å²) in [6.45, 7) is 1.77. The molecular formula is C71H115N19O18S2. The molecule has 0 saturated carbocycles. The summed E-state index contributed by atoms with van der Waals surface area (Å²) in [5.74, 6) is -16.0. The maximum absolute atomic E-state index is 14.6. The molecule has 1 aromatic carbocycles. The van der Waals surface area contributed by atoms with Crippen LogP contribution in [-0.4, -0.2) is 253 Å².